The van der Waals surface area contributed by atoms with Crippen molar-refractivity contribution in [3.63, 3.8) is 0 Å². The highest BCUT2D eigenvalue weighted by molar-refractivity contribution is 5.48. The van der Waals surface area contributed by atoms with Crippen molar-refractivity contribution < 1.29 is 0 Å². The van der Waals surface area contributed by atoms with Crippen LogP contribution < -0.4 is 9.80 Å². The predicted octanol–water partition coefficient (Wildman–Crippen LogP) is 3.07. The van der Waals surface area contributed by atoms with Gasteiger partial charge in [-0.3, -0.25) is 4.90 Å². The molecule has 116 valence electrons. The predicted molar refractivity (Wildman–Crippen MR) is 94.7 cm³/mol. The number of para-hydroxylation sites is 1. The van der Waals surface area contributed by atoms with Crippen LogP contribution in [-0.2, 0) is 6.54 Å². The molecule has 3 heteroatoms. The summed E-state index contributed by atoms with van der Waals surface area (Å²) in [5.74, 6) is 0. The number of hydrogen-bond acceptors (Lipinski definition) is 3. The van der Waals surface area contributed by atoms with Crippen molar-refractivity contribution in [2.75, 3.05) is 50.1 Å². The average Bonchev–Trinajstić information content (AvgIpc) is 2.56. The molecule has 1 aliphatic heterocycles. The molecule has 0 saturated carbocycles. The summed E-state index contributed by atoms with van der Waals surface area (Å²) < 4.78 is 0. The van der Waals surface area contributed by atoms with E-state index in [1.54, 1.807) is 0 Å². The van der Waals surface area contributed by atoms with Gasteiger partial charge in [0.15, 0.2) is 0 Å². The Morgan fingerprint density at radius 1 is 0.864 bits per heavy atom. The van der Waals surface area contributed by atoms with Gasteiger partial charge in [0.1, 0.15) is 0 Å². The number of anilines is 2. The summed E-state index contributed by atoms with van der Waals surface area (Å²) in [4.78, 5) is 7.19. The molecule has 3 nitrogen and oxygen atoms in total. The van der Waals surface area contributed by atoms with E-state index in [2.05, 4.69) is 83.4 Å². The first-order valence-electron chi connectivity index (χ1n) is 8.01. The molecule has 0 bridgehead atoms. The monoisotopic (exact) mass is 295 g/mol. The topological polar surface area (TPSA) is 9.72 Å². The summed E-state index contributed by atoms with van der Waals surface area (Å²) >= 11 is 0. The molecule has 0 aromatic heterocycles. The summed E-state index contributed by atoms with van der Waals surface area (Å²) in [6.45, 7) is 5.52. The van der Waals surface area contributed by atoms with Crippen LogP contribution in [-0.4, -0.2) is 45.2 Å². The lowest BCUT2D eigenvalue weighted by Crippen LogP contribution is -2.45. The Kier molecular flexibility index (Phi) is 4.64. The maximum Gasteiger partial charge on any atom is 0.0367 e. The first-order chi connectivity index (χ1) is 10.7. The van der Waals surface area contributed by atoms with Gasteiger partial charge in [-0.05, 0) is 29.8 Å². The lowest BCUT2D eigenvalue weighted by molar-refractivity contribution is 0.250. The molecule has 1 aliphatic rings. The molecule has 0 radical (unpaired) electrons. The highest BCUT2D eigenvalue weighted by atomic mass is 15.3. The molecule has 0 spiro atoms. The normalized spacial score (nSPS) is 15.8. The zero-order valence-corrected chi connectivity index (χ0v) is 13.6. The number of rotatable bonds is 4. The zero-order valence-electron chi connectivity index (χ0n) is 13.6. The highest BCUT2D eigenvalue weighted by Gasteiger charge is 2.17. The molecule has 3 rings (SSSR count). The molecule has 0 N–H and O–H groups in total. The van der Waals surface area contributed by atoms with E-state index < -0.39 is 0 Å². The van der Waals surface area contributed by atoms with Crippen LogP contribution in [0.25, 0.3) is 0 Å². The molecular formula is C19H25N3. The van der Waals surface area contributed by atoms with Crippen LogP contribution in [0.4, 0.5) is 11.4 Å². The molecule has 0 aliphatic carbocycles. The highest BCUT2D eigenvalue weighted by Crippen LogP contribution is 2.18. The fourth-order valence-corrected chi connectivity index (χ4v) is 2.99. The lowest BCUT2D eigenvalue weighted by Gasteiger charge is -2.36. The van der Waals surface area contributed by atoms with Crippen molar-refractivity contribution in [2.24, 2.45) is 0 Å². The Bertz CT molecular complexity index is 587. The fourth-order valence-electron chi connectivity index (χ4n) is 2.99. The minimum atomic E-state index is 1.05. The molecular weight excluding hydrogens is 270 g/mol. The second-order valence-corrected chi connectivity index (χ2v) is 6.16. The van der Waals surface area contributed by atoms with Crippen molar-refractivity contribution in [1.29, 1.82) is 0 Å². The van der Waals surface area contributed by atoms with Gasteiger partial charge >= 0.3 is 0 Å². The van der Waals surface area contributed by atoms with Crippen LogP contribution in [0.2, 0.25) is 0 Å². The van der Waals surface area contributed by atoms with Crippen LogP contribution in [0, 0.1) is 0 Å². The number of nitrogens with zero attached hydrogens (tertiary/aromatic N) is 3. The van der Waals surface area contributed by atoms with E-state index in [0.717, 1.165) is 32.7 Å². The van der Waals surface area contributed by atoms with Gasteiger partial charge in [0, 0.05) is 58.2 Å². The van der Waals surface area contributed by atoms with Crippen LogP contribution in [0.5, 0.6) is 0 Å². The van der Waals surface area contributed by atoms with Crippen LogP contribution in [0.3, 0.4) is 0 Å². The van der Waals surface area contributed by atoms with Crippen molar-refractivity contribution in [1.82, 2.24) is 4.90 Å². The van der Waals surface area contributed by atoms with Crippen molar-refractivity contribution in [2.45, 2.75) is 6.54 Å². The van der Waals surface area contributed by atoms with E-state index in [0.29, 0.717) is 0 Å². The smallest absolute Gasteiger partial charge is 0.0367 e. The quantitative estimate of drug-likeness (QED) is 0.858. The van der Waals surface area contributed by atoms with E-state index in [1.807, 2.05) is 0 Å². The average molecular weight is 295 g/mol. The van der Waals surface area contributed by atoms with Crippen LogP contribution in [0.15, 0.2) is 54.6 Å². The fraction of sp³-hybridized carbons (Fsp3) is 0.368. The van der Waals surface area contributed by atoms with Gasteiger partial charge in [-0.15, -0.1) is 0 Å². The van der Waals surface area contributed by atoms with E-state index >= 15 is 0 Å². The van der Waals surface area contributed by atoms with Crippen molar-refractivity contribution in [3.8, 4) is 0 Å². The van der Waals surface area contributed by atoms with Gasteiger partial charge in [-0.1, -0.05) is 30.3 Å². The standard InChI is InChI=1S/C19H25N3/c1-20(2)19-10-6-7-17(15-19)16-21-11-13-22(14-12-21)18-8-4-3-5-9-18/h3-10,15H,11-14,16H2,1-2H3. The lowest BCUT2D eigenvalue weighted by atomic mass is 10.1. The summed E-state index contributed by atoms with van der Waals surface area (Å²) in [7, 11) is 4.19. The SMILES string of the molecule is CN(C)c1cccc(CN2CCN(c3ccccc3)CC2)c1. The van der Waals surface area contributed by atoms with E-state index in [1.165, 1.54) is 16.9 Å². The third-order valence-electron chi connectivity index (χ3n) is 4.33. The molecule has 1 saturated heterocycles. The zero-order chi connectivity index (χ0) is 15.4. The Hall–Kier alpha value is -2.00. The van der Waals surface area contributed by atoms with Gasteiger partial charge in [0.05, 0.1) is 0 Å². The van der Waals surface area contributed by atoms with Gasteiger partial charge in [0.2, 0.25) is 0 Å². The molecule has 2 aromatic carbocycles. The summed E-state index contributed by atoms with van der Waals surface area (Å²) in [5.41, 5.74) is 4.02. The number of benzene rings is 2. The first kappa shape index (κ1) is 14.9. The van der Waals surface area contributed by atoms with Gasteiger partial charge in [-0.25, -0.2) is 0 Å². The Morgan fingerprint density at radius 3 is 2.27 bits per heavy atom. The molecule has 0 amide bonds. The largest absolute Gasteiger partial charge is 0.378 e. The van der Waals surface area contributed by atoms with Crippen LogP contribution in [0.1, 0.15) is 5.56 Å². The Labute approximate surface area is 133 Å². The second-order valence-electron chi connectivity index (χ2n) is 6.16. The number of hydrogen-bond donors (Lipinski definition) is 0. The van der Waals surface area contributed by atoms with E-state index in [9.17, 15) is 0 Å². The van der Waals surface area contributed by atoms with Crippen LogP contribution >= 0.6 is 0 Å². The number of piperazine rings is 1. The Morgan fingerprint density at radius 2 is 1.59 bits per heavy atom. The first-order valence-corrected chi connectivity index (χ1v) is 8.01. The van der Waals surface area contributed by atoms with Crippen molar-refractivity contribution in [3.05, 3.63) is 60.2 Å². The minimum absolute atomic E-state index is 1.05. The minimum Gasteiger partial charge on any atom is -0.378 e. The van der Waals surface area contributed by atoms with E-state index in [-0.39, 0.29) is 0 Å². The van der Waals surface area contributed by atoms with Crippen molar-refractivity contribution >= 4 is 11.4 Å². The molecule has 0 atom stereocenters. The van der Waals surface area contributed by atoms with E-state index in [4.69, 9.17) is 0 Å². The maximum atomic E-state index is 2.55. The Balaban J connectivity index is 1.57. The summed E-state index contributed by atoms with van der Waals surface area (Å²) in [6.07, 6.45) is 0. The summed E-state index contributed by atoms with van der Waals surface area (Å²) in [5, 5.41) is 0. The molecule has 1 fully saturated rings. The van der Waals surface area contributed by atoms with Gasteiger partial charge in [-0.2, -0.15) is 0 Å². The third kappa shape index (κ3) is 3.60. The molecule has 2 aromatic rings. The summed E-state index contributed by atoms with van der Waals surface area (Å²) in [6, 6.07) is 19.6. The molecule has 22 heavy (non-hydrogen) atoms. The maximum absolute atomic E-state index is 2.55. The second kappa shape index (κ2) is 6.84. The van der Waals surface area contributed by atoms with Gasteiger partial charge in [0.25, 0.3) is 0 Å². The molecule has 1 heterocycles. The molecule has 0 unspecified atom stereocenters. The van der Waals surface area contributed by atoms with Gasteiger partial charge < -0.3 is 9.80 Å². The third-order valence-corrected chi connectivity index (χ3v) is 4.33.